The number of thioether (sulfide) groups is 1. The van der Waals surface area contributed by atoms with E-state index in [0.29, 0.717) is 6.42 Å². The highest BCUT2D eigenvalue weighted by molar-refractivity contribution is 7.99. The third kappa shape index (κ3) is 4.23. The Morgan fingerprint density at radius 3 is 2.89 bits per heavy atom. The van der Waals surface area contributed by atoms with E-state index in [1.54, 1.807) is 6.92 Å². The number of carbonyl (C=O) groups is 1. The van der Waals surface area contributed by atoms with Crippen molar-refractivity contribution >= 4 is 17.7 Å². The largest absolute Gasteiger partial charge is 0.394 e. The molecule has 1 rings (SSSR count). The predicted octanol–water partition coefficient (Wildman–Crippen LogP) is 1.90. The first-order valence-electron chi connectivity index (χ1n) is 5.40. The number of halogens is 2. The fourth-order valence-electron chi connectivity index (χ4n) is 1.28. The Morgan fingerprint density at radius 1 is 1.61 bits per heavy atom. The number of amides is 1. The van der Waals surface area contributed by atoms with Crippen LogP contribution in [0.15, 0.2) is 23.4 Å². The third-order valence-corrected chi connectivity index (χ3v) is 2.99. The van der Waals surface area contributed by atoms with Gasteiger partial charge < -0.3 is 10.4 Å². The lowest BCUT2D eigenvalue weighted by atomic mass is 10.2. The highest BCUT2D eigenvalue weighted by atomic mass is 32.2. The summed E-state index contributed by atoms with van der Waals surface area (Å²) < 4.78 is 24.6. The number of aromatic nitrogens is 1. The molecule has 0 aliphatic carbocycles. The Bertz CT molecular complexity index is 400. The number of alkyl halides is 2. The summed E-state index contributed by atoms with van der Waals surface area (Å²) in [4.78, 5) is 15.6. The fourth-order valence-corrected chi connectivity index (χ4v) is 1.86. The van der Waals surface area contributed by atoms with Crippen molar-refractivity contribution < 1.29 is 18.7 Å². The second-order valence-electron chi connectivity index (χ2n) is 3.50. The van der Waals surface area contributed by atoms with Crippen LogP contribution < -0.4 is 5.32 Å². The van der Waals surface area contributed by atoms with Crippen molar-refractivity contribution in [2.75, 3.05) is 6.61 Å². The molecule has 1 aromatic heterocycles. The molecule has 7 heteroatoms. The molecule has 18 heavy (non-hydrogen) atoms. The maximum Gasteiger partial charge on any atom is 0.290 e. The van der Waals surface area contributed by atoms with Crippen LogP contribution in [0, 0.1) is 0 Å². The first kappa shape index (κ1) is 14.8. The van der Waals surface area contributed by atoms with Crippen molar-refractivity contribution in [2.24, 2.45) is 0 Å². The van der Waals surface area contributed by atoms with Crippen molar-refractivity contribution in [3.05, 3.63) is 23.9 Å². The molecule has 100 valence electrons. The highest BCUT2D eigenvalue weighted by Gasteiger charge is 2.18. The van der Waals surface area contributed by atoms with Crippen LogP contribution in [-0.2, 0) is 0 Å². The lowest BCUT2D eigenvalue weighted by molar-refractivity contribution is 0.0911. The van der Waals surface area contributed by atoms with Gasteiger partial charge in [0.2, 0.25) is 0 Å². The van der Waals surface area contributed by atoms with Gasteiger partial charge >= 0.3 is 0 Å². The minimum absolute atomic E-state index is 0.0159. The van der Waals surface area contributed by atoms with E-state index in [1.165, 1.54) is 18.3 Å². The Labute approximate surface area is 108 Å². The van der Waals surface area contributed by atoms with Crippen LogP contribution in [-0.4, -0.2) is 34.4 Å². The van der Waals surface area contributed by atoms with Gasteiger partial charge in [0.15, 0.2) is 0 Å². The zero-order valence-corrected chi connectivity index (χ0v) is 10.6. The average molecular weight is 276 g/mol. The van der Waals surface area contributed by atoms with E-state index in [-0.39, 0.29) is 35.0 Å². The highest BCUT2D eigenvalue weighted by Crippen LogP contribution is 2.26. The van der Waals surface area contributed by atoms with E-state index in [2.05, 4.69) is 10.3 Å². The molecule has 0 aromatic carbocycles. The Hall–Kier alpha value is -1.21. The van der Waals surface area contributed by atoms with Gasteiger partial charge in [0.1, 0.15) is 5.03 Å². The van der Waals surface area contributed by atoms with Crippen molar-refractivity contribution in [3.8, 4) is 0 Å². The van der Waals surface area contributed by atoms with E-state index >= 15 is 0 Å². The van der Waals surface area contributed by atoms with Gasteiger partial charge in [-0.05, 0) is 30.3 Å². The average Bonchev–Trinajstić information content (AvgIpc) is 2.35. The maximum atomic E-state index is 12.3. The Balaban J connectivity index is 2.84. The van der Waals surface area contributed by atoms with Gasteiger partial charge in [-0.15, -0.1) is 0 Å². The molecular weight excluding hydrogens is 262 g/mol. The fraction of sp³-hybridized carbons (Fsp3) is 0.455. The summed E-state index contributed by atoms with van der Waals surface area (Å²) in [5.41, 5.74) is 0.0923. The van der Waals surface area contributed by atoms with Gasteiger partial charge in [-0.3, -0.25) is 4.79 Å². The molecule has 0 bridgehead atoms. The summed E-state index contributed by atoms with van der Waals surface area (Å²) in [6.45, 7) is 1.61. The van der Waals surface area contributed by atoms with E-state index in [4.69, 9.17) is 5.11 Å². The van der Waals surface area contributed by atoms with Gasteiger partial charge in [-0.2, -0.15) is 8.78 Å². The number of hydrogen-bond donors (Lipinski definition) is 2. The number of nitrogens with one attached hydrogen (secondary N) is 1. The molecule has 0 fully saturated rings. The summed E-state index contributed by atoms with van der Waals surface area (Å²) in [5.74, 6) is -3.14. The Kier molecular flexibility index (Phi) is 6.00. The van der Waals surface area contributed by atoms with Crippen LogP contribution in [0.3, 0.4) is 0 Å². The number of aliphatic hydroxyl groups excluding tert-OH is 1. The predicted molar refractivity (Wildman–Crippen MR) is 64.7 cm³/mol. The minimum atomic E-state index is -2.63. The molecule has 0 saturated carbocycles. The van der Waals surface area contributed by atoms with Crippen molar-refractivity contribution in [2.45, 2.75) is 30.2 Å². The zero-order valence-electron chi connectivity index (χ0n) is 9.77. The monoisotopic (exact) mass is 276 g/mol. The topological polar surface area (TPSA) is 62.2 Å². The summed E-state index contributed by atoms with van der Waals surface area (Å²) in [6.07, 6.45) is 1.91. The zero-order chi connectivity index (χ0) is 13.5. The number of aliphatic hydroxyl groups is 1. The number of hydrogen-bond acceptors (Lipinski definition) is 4. The molecule has 2 N–H and O–H groups in total. The molecule has 0 spiro atoms. The SMILES string of the molecule is CCC(CO)NC(=O)c1cccnc1SC(F)F. The van der Waals surface area contributed by atoms with Crippen LogP contribution in [0.4, 0.5) is 8.78 Å². The molecule has 1 aromatic rings. The molecule has 0 radical (unpaired) electrons. The smallest absolute Gasteiger partial charge is 0.290 e. The molecule has 1 amide bonds. The Morgan fingerprint density at radius 2 is 2.33 bits per heavy atom. The maximum absolute atomic E-state index is 12.3. The van der Waals surface area contributed by atoms with Gasteiger partial charge in [-0.25, -0.2) is 4.98 Å². The third-order valence-electron chi connectivity index (χ3n) is 2.26. The summed E-state index contributed by atoms with van der Waals surface area (Å²) in [7, 11) is 0. The molecule has 1 heterocycles. The van der Waals surface area contributed by atoms with Gasteiger partial charge in [0, 0.05) is 6.20 Å². The summed E-state index contributed by atoms with van der Waals surface area (Å²) in [5, 5.41) is 11.5. The number of nitrogens with zero attached hydrogens (tertiary/aromatic N) is 1. The lowest BCUT2D eigenvalue weighted by Crippen LogP contribution is -2.37. The van der Waals surface area contributed by atoms with Crippen LogP contribution >= 0.6 is 11.8 Å². The van der Waals surface area contributed by atoms with Crippen LogP contribution in [0.1, 0.15) is 23.7 Å². The van der Waals surface area contributed by atoms with Crippen molar-refractivity contribution in [3.63, 3.8) is 0 Å². The van der Waals surface area contributed by atoms with E-state index < -0.39 is 11.7 Å². The molecular formula is C11H14F2N2O2S. The second kappa shape index (κ2) is 7.27. The normalized spacial score (nSPS) is 12.5. The summed E-state index contributed by atoms with van der Waals surface area (Å²) >= 11 is 0.228. The molecule has 1 unspecified atom stereocenters. The first-order chi connectivity index (χ1) is 8.58. The molecule has 0 aliphatic rings. The van der Waals surface area contributed by atoms with Crippen LogP contribution in [0.2, 0.25) is 0 Å². The van der Waals surface area contributed by atoms with Crippen molar-refractivity contribution in [1.82, 2.24) is 10.3 Å². The van der Waals surface area contributed by atoms with E-state index in [0.717, 1.165) is 0 Å². The molecule has 4 nitrogen and oxygen atoms in total. The lowest BCUT2D eigenvalue weighted by Gasteiger charge is -2.15. The van der Waals surface area contributed by atoms with E-state index in [1.807, 2.05) is 0 Å². The minimum Gasteiger partial charge on any atom is -0.394 e. The molecule has 1 atom stereocenters. The van der Waals surface area contributed by atoms with E-state index in [9.17, 15) is 13.6 Å². The van der Waals surface area contributed by atoms with Crippen LogP contribution in [0.5, 0.6) is 0 Å². The quantitative estimate of drug-likeness (QED) is 0.779. The van der Waals surface area contributed by atoms with Gasteiger partial charge in [-0.1, -0.05) is 6.92 Å². The van der Waals surface area contributed by atoms with Crippen LogP contribution in [0.25, 0.3) is 0 Å². The van der Waals surface area contributed by atoms with Crippen molar-refractivity contribution in [1.29, 1.82) is 0 Å². The standard InChI is InChI=1S/C11H14F2N2O2S/c1-2-7(6-16)15-9(17)8-4-3-5-14-10(8)18-11(12)13/h3-5,7,11,16H,2,6H2,1H3,(H,15,17). The second-order valence-corrected chi connectivity index (χ2v) is 4.47. The number of rotatable bonds is 6. The molecule has 0 saturated heterocycles. The molecule has 0 aliphatic heterocycles. The van der Waals surface area contributed by atoms with Gasteiger partial charge in [0.05, 0.1) is 18.2 Å². The number of pyridine rings is 1. The number of carbonyl (C=O) groups excluding carboxylic acids is 1. The van der Waals surface area contributed by atoms with Gasteiger partial charge in [0.25, 0.3) is 11.7 Å². The summed E-state index contributed by atoms with van der Waals surface area (Å²) in [6, 6.07) is 2.55. The first-order valence-corrected chi connectivity index (χ1v) is 6.28.